The molecule has 0 saturated heterocycles. The van der Waals surface area contributed by atoms with Crippen LogP contribution in [0, 0.1) is 6.92 Å². The molecule has 0 saturated carbocycles. The van der Waals surface area contributed by atoms with Crippen LogP contribution in [0.4, 0.5) is 5.69 Å². The molecule has 1 aromatic rings. The summed E-state index contributed by atoms with van der Waals surface area (Å²) < 4.78 is 6.82. The number of aliphatic hydroxyl groups is 1. The van der Waals surface area contributed by atoms with E-state index in [0.29, 0.717) is 30.1 Å². The minimum atomic E-state index is -0.934. The van der Waals surface area contributed by atoms with Crippen LogP contribution < -0.4 is 10.1 Å². The Morgan fingerprint density at radius 3 is 2.43 bits per heavy atom. The summed E-state index contributed by atoms with van der Waals surface area (Å²) >= 11 is 0. The highest BCUT2D eigenvalue weighted by Crippen LogP contribution is 2.29. The van der Waals surface area contributed by atoms with Crippen LogP contribution in [0.25, 0.3) is 0 Å². The van der Waals surface area contributed by atoms with Gasteiger partial charge in [0, 0.05) is 7.05 Å². The van der Waals surface area contributed by atoms with E-state index in [1.54, 1.807) is 11.7 Å². The van der Waals surface area contributed by atoms with Gasteiger partial charge < -0.3 is 15.2 Å². The summed E-state index contributed by atoms with van der Waals surface area (Å²) in [5.74, 6) is 0.296. The maximum atomic E-state index is 12.2. The van der Waals surface area contributed by atoms with Gasteiger partial charge in [0.15, 0.2) is 0 Å². The molecular weight excluding hydrogens is 270 g/mol. The second-order valence-electron chi connectivity index (χ2n) is 5.54. The van der Waals surface area contributed by atoms with Crippen LogP contribution >= 0.6 is 0 Å². The number of nitrogens with zero attached hydrogens (tertiary/aromatic N) is 2. The summed E-state index contributed by atoms with van der Waals surface area (Å²) in [6.45, 7) is 5.82. The molecule has 0 atom stereocenters. The van der Waals surface area contributed by atoms with E-state index in [1.807, 2.05) is 20.8 Å². The third-order valence-corrected chi connectivity index (χ3v) is 3.55. The molecule has 0 aromatic carbocycles. The third kappa shape index (κ3) is 4.46. The van der Waals surface area contributed by atoms with E-state index < -0.39 is 5.60 Å². The number of hydrogen-bond acceptors (Lipinski definition) is 4. The Balaban J connectivity index is 2.81. The monoisotopic (exact) mass is 297 g/mol. The van der Waals surface area contributed by atoms with E-state index in [9.17, 15) is 9.90 Å². The van der Waals surface area contributed by atoms with Gasteiger partial charge in [0.1, 0.15) is 5.69 Å². The topological polar surface area (TPSA) is 76.4 Å². The molecular formula is C15H27N3O3. The van der Waals surface area contributed by atoms with Crippen LogP contribution in [-0.4, -0.2) is 33.5 Å². The van der Waals surface area contributed by atoms with Crippen LogP contribution in [0.2, 0.25) is 0 Å². The highest BCUT2D eigenvalue weighted by atomic mass is 16.5. The average Bonchev–Trinajstić information content (AvgIpc) is 2.63. The first-order valence-electron chi connectivity index (χ1n) is 7.46. The molecule has 120 valence electrons. The van der Waals surface area contributed by atoms with Crippen molar-refractivity contribution in [2.24, 2.45) is 7.05 Å². The number of nitrogens with one attached hydrogen (secondary N) is 1. The third-order valence-electron chi connectivity index (χ3n) is 3.55. The fourth-order valence-electron chi connectivity index (χ4n) is 2.73. The zero-order chi connectivity index (χ0) is 16.0. The van der Waals surface area contributed by atoms with E-state index in [2.05, 4.69) is 10.4 Å². The summed E-state index contributed by atoms with van der Waals surface area (Å²) in [5, 5.41) is 17.6. The highest BCUT2D eigenvalue weighted by molar-refractivity contribution is 5.93. The second-order valence-corrected chi connectivity index (χ2v) is 5.54. The summed E-state index contributed by atoms with van der Waals surface area (Å²) in [6, 6.07) is 0. The summed E-state index contributed by atoms with van der Waals surface area (Å²) in [7, 11) is 3.29. The van der Waals surface area contributed by atoms with Gasteiger partial charge in [-0.3, -0.25) is 4.79 Å². The Morgan fingerprint density at radius 2 is 1.95 bits per heavy atom. The zero-order valence-corrected chi connectivity index (χ0v) is 13.7. The van der Waals surface area contributed by atoms with Gasteiger partial charge in [0.05, 0.1) is 24.8 Å². The molecule has 0 aliphatic heterocycles. The Hall–Kier alpha value is -1.56. The molecule has 0 radical (unpaired) electrons. The van der Waals surface area contributed by atoms with Gasteiger partial charge in [-0.2, -0.15) is 5.10 Å². The van der Waals surface area contributed by atoms with Crippen LogP contribution in [0.3, 0.4) is 0 Å². The van der Waals surface area contributed by atoms with Gasteiger partial charge in [-0.15, -0.1) is 0 Å². The molecule has 1 aromatic heterocycles. The standard InChI is InChI=1S/C15H27N3O3/c1-6-8-15(20,9-7-2)10-12(19)16-13-11(3)17-18(4)14(13)21-5/h20H,6-10H2,1-5H3,(H,16,19). The lowest BCUT2D eigenvalue weighted by molar-refractivity contribution is -0.121. The van der Waals surface area contributed by atoms with Crippen LogP contribution in [0.15, 0.2) is 0 Å². The average molecular weight is 297 g/mol. The molecule has 6 nitrogen and oxygen atoms in total. The quantitative estimate of drug-likeness (QED) is 0.772. The number of aryl methyl sites for hydroxylation is 2. The molecule has 0 bridgehead atoms. The Bertz CT molecular complexity index is 477. The number of hydrogen-bond donors (Lipinski definition) is 2. The number of anilines is 1. The van der Waals surface area contributed by atoms with Crippen LogP contribution in [0.5, 0.6) is 5.88 Å². The molecule has 1 amide bonds. The number of aromatic nitrogens is 2. The molecule has 6 heteroatoms. The number of ether oxygens (including phenoxy) is 1. The number of carbonyl (C=O) groups is 1. The van der Waals surface area contributed by atoms with Crippen molar-refractivity contribution in [3.8, 4) is 5.88 Å². The van der Waals surface area contributed by atoms with E-state index in [1.165, 1.54) is 7.11 Å². The van der Waals surface area contributed by atoms with Crippen molar-refractivity contribution in [1.29, 1.82) is 0 Å². The lowest BCUT2D eigenvalue weighted by Crippen LogP contribution is -2.34. The van der Waals surface area contributed by atoms with Crippen molar-refractivity contribution < 1.29 is 14.6 Å². The van der Waals surface area contributed by atoms with Gasteiger partial charge in [-0.1, -0.05) is 26.7 Å². The first-order chi connectivity index (χ1) is 9.86. The molecule has 21 heavy (non-hydrogen) atoms. The Morgan fingerprint density at radius 1 is 1.38 bits per heavy atom. The van der Waals surface area contributed by atoms with Gasteiger partial charge in [-0.05, 0) is 19.8 Å². The van der Waals surface area contributed by atoms with Crippen molar-refractivity contribution in [3.63, 3.8) is 0 Å². The van der Waals surface area contributed by atoms with Crippen molar-refractivity contribution in [2.75, 3.05) is 12.4 Å². The first kappa shape index (κ1) is 17.5. The second kappa shape index (κ2) is 7.45. The molecule has 0 spiro atoms. The predicted molar refractivity (Wildman–Crippen MR) is 82.5 cm³/mol. The van der Waals surface area contributed by atoms with E-state index in [4.69, 9.17) is 4.74 Å². The van der Waals surface area contributed by atoms with Crippen LogP contribution in [-0.2, 0) is 11.8 Å². The van der Waals surface area contributed by atoms with E-state index in [0.717, 1.165) is 12.8 Å². The first-order valence-corrected chi connectivity index (χ1v) is 7.46. The van der Waals surface area contributed by atoms with Crippen LogP contribution in [0.1, 0.15) is 51.6 Å². The molecule has 2 N–H and O–H groups in total. The minimum Gasteiger partial charge on any atom is -0.480 e. The molecule has 0 fully saturated rings. The minimum absolute atomic E-state index is 0.0895. The Kier molecular flexibility index (Phi) is 6.20. The lowest BCUT2D eigenvalue weighted by Gasteiger charge is -2.26. The van der Waals surface area contributed by atoms with Crippen molar-refractivity contribution in [3.05, 3.63) is 5.69 Å². The normalized spacial score (nSPS) is 11.5. The van der Waals surface area contributed by atoms with Gasteiger partial charge in [0.2, 0.25) is 11.8 Å². The molecule has 0 aliphatic carbocycles. The fourth-order valence-corrected chi connectivity index (χ4v) is 2.73. The van der Waals surface area contributed by atoms with Gasteiger partial charge in [0.25, 0.3) is 0 Å². The number of methoxy groups -OCH3 is 1. The van der Waals surface area contributed by atoms with Crippen molar-refractivity contribution in [1.82, 2.24) is 9.78 Å². The molecule has 1 rings (SSSR count). The van der Waals surface area contributed by atoms with Crippen molar-refractivity contribution >= 4 is 11.6 Å². The zero-order valence-electron chi connectivity index (χ0n) is 13.7. The molecule has 1 heterocycles. The SMILES string of the molecule is CCCC(O)(CCC)CC(=O)Nc1c(C)nn(C)c1OC. The van der Waals surface area contributed by atoms with E-state index in [-0.39, 0.29) is 12.3 Å². The van der Waals surface area contributed by atoms with Crippen molar-refractivity contribution in [2.45, 2.75) is 58.5 Å². The van der Waals surface area contributed by atoms with E-state index >= 15 is 0 Å². The summed E-state index contributed by atoms with van der Waals surface area (Å²) in [6.07, 6.45) is 3.03. The number of rotatable bonds is 8. The molecule has 0 unspecified atom stereocenters. The Labute approximate surface area is 126 Å². The highest BCUT2D eigenvalue weighted by Gasteiger charge is 2.29. The lowest BCUT2D eigenvalue weighted by atomic mass is 9.89. The van der Waals surface area contributed by atoms with Gasteiger partial charge >= 0.3 is 0 Å². The number of carbonyl (C=O) groups excluding carboxylic acids is 1. The number of amides is 1. The summed E-state index contributed by atoms with van der Waals surface area (Å²) in [5.41, 5.74) is 0.328. The summed E-state index contributed by atoms with van der Waals surface area (Å²) in [4.78, 5) is 12.2. The predicted octanol–water partition coefficient (Wildman–Crippen LogP) is 2.40. The smallest absolute Gasteiger partial charge is 0.236 e. The largest absolute Gasteiger partial charge is 0.480 e. The maximum Gasteiger partial charge on any atom is 0.236 e. The van der Waals surface area contributed by atoms with Gasteiger partial charge in [-0.25, -0.2) is 4.68 Å². The molecule has 0 aliphatic rings. The maximum absolute atomic E-state index is 12.2. The fraction of sp³-hybridized carbons (Fsp3) is 0.733.